The Bertz CT molecular complexity index is 1300. The largest absolute Gasteiger partial charge is 0.508 e. The van der Waals surface area contributed by atoms with Gasteiger partial charge in [-0.25, -0.2) is 0 Å². The Labute approximate surface area is 225 Å². The highest BCUT2D eigenvalue weighted by atomic mass is 16.5. The molecule has 5 heterocycles. The summed E-state index contributed by atoms with van der Waals surface area (Å²) in [6.45, 7) is 8.12. The van der Waals surface area contributed by atoms with Crippen LogP contribution in [0.3, 0.4) is 0 Å². The second-order valence-electron chi connectivity index (χ2n) is 11.3. The summed E-state index contributed by atoms with van der Waals surface area (Å²) in [6, 6.07) is 11.7. The summed E-state index contributed by atoms with van der Waals surface area (Å²) in [5, 5.41) is 16.5. The number of rotatable bonds is 3. The third-order valence-electron chi connectivity index (χ3n) is 8.66. The second-order valence-corrected chi connectivity index (χ2v) is 11.3. The molecule has 2 aromatic carbocycles. The molecule has 2 atom stereocenters. The van der Waals surface area contributed by atoms with Gasteiger partial charge in [-0.1, -0.05) is 24.3 Å². The number of hydrogen-bond donors (Lipinski definition) is 2. The van der Waals surface area contributed by atoms with Gasteiger partial charge in [0.1, 0.15) is 11.6 Å². The number of aromatic hydroxyl groups is 1. The highest BCUT2D eigenvalue weighted by molar-refractivity contribution is 5.98. The zero-order valence-corrected chi connectivity index (χ0v) is 22.9. The summed E-state index contributed by atoms with van der Waals surface area (Å²) < 4.78 is 5.50. The fraction of sp³-hybridized carbons (Fsp3) is 0.533. The molecule has 4 aliphatic heterocycles. The number of piperazine rings is 1. The van der Waals surface area contributed by atoms with E-state index in [1.807, 2.05) is 19.1 Å². The van der Waals surface area contributed by atoms with Crippen LogP contribution in [-0.4, -0.2) is 78.9 Å². The Morgan fingerprint density at radius 2 is 1.68 bits per heavy atom. The highest BCUT2D eigenvalue weighted by Gasteiger charge is 2.35. The van der Waals surface area contributed by atoms with Gasteiger partial charge in [0, 0.05) is 54.4 Å². The molecular formula is C30H40N6O2. The Hall–Kier alpha value is -3.10. The van der Waals surface area contributed by atoms with Crippen molar-refractivity contribution in [1.82, 2.24) is 20.2 Å². The Morgan fingerprint density at radius 3 is 2.34 bits per heavy atom. The molecule has 1 aromatic heterocycles. The van der Waals surface area contributed by atoms with E-state index in [-0.39, 0.29) is 0 Å². The van der Waals surface area contributed by atoms with E-state index < -0.39 is 0 Å². The second kappa shape index (κ2) is 10.6. The molecular weight excluding hydrogens is 476 g/mol. The van der Waals surface area contributed by atoms with Gasteiger partial charge in [0.15, 0.2) is 0 Å². The number of nitrogens with one attached hydrogen (secondary N) is 1. The number of phenols is 1. The monoisotopic (exact) mass is 516 g/mol. The maximum Gasteiger partial charge on any atom is 0.318 e. The molecule has 0 saturated carbocycles. The van der Waals surface area contributed by atoms with Gasteiger partial charge in [-0.3, -0.25) is 0 Å². The van der Waals surface area contributed by atoms with E-state index in [0.717, 1.165) is 59.6 Å². The van der Waals surface area contributed by atoms with E-state index in [1.165, 1.54) is 44.3 Å². The molecule has 8 heteroatoms. The predicted molar refractivity (Wildman–Crippen MR) is 153 cm³/mol. The number of phenolic OH excluding ortho intramolecular Hbond substituents is 1. The van der Waals surface area contributed by atoms with Crippen molar-refractivity contribution in [1.29, 1.82) is 0 Å². The lowest BCUT2D eigenvalue weighted by Gasteiger charge is -2.37. The third kappa shape index (κ3) is 4.87. The smallest absolute Gasteiger partial charge is 0.318 e. The van der Waals surface area contributed by atoms with Crippen LogP contribution in [-0.2, 0) is 13.0 Å². The topological polar surface area (TPSA) is 77.0 Å². The minimum absolute atomic E-state index is 0.335. The average Bonchev–Trinajstić information content (AvgIpc) is 3.57. The number of likely N-dealkylation sites (tertiary alicyclic amines) is 1. The third-order valence-corrected chi connectivity index (χ3v) is 8.66. The minimum atomic E-state index is 0.335. The molecule has 2 unspecified atom stereocenters. The first-order chi connectivity index (χ1) is 18.5. The first-order valence-corrected chi connectivity index (χ1v) is 14.1. The molecule has 4 aliphatic rings. The summed E-state index contributed by atoms with van der Waals surface area (Å²) in [5.41, 5.74) is 4.23. The first kappa shape index (κ1) is 25.2. The number of benzene rings is 2. The van der Waals surface area contributed by atoms with Crippen LogP contribution in [0.1, 0.15) is 42.5 Å². The standard InChI is InChI=1S/C25H29N5O2.C5H11N/c1-15-18-5-3-4-6-19(18)22(11-23(15)31)29-10-9-20-21(14-29)27-25(32-2)28-24(20)30-12-16-7-8-17(13-30)26-16;1-6-4-2-3-5-6/h3-6,11,16-17,26,31H,7-10,12-14H2,1-2H3;2-5H2,1H3. The lowest BCUT2D eigenvalue weighted by molar-refractivity contribution is 0.374. The van der Waals surface area contributed by atoms with Gasteiger partial charge in [-0.05, 0) is 70.1 Å². The number of aryl methyl sites for hydroxylation is 1. The molecule has 3 fully saturated rings. The van der Waals surface area contributed by atoms with Crippen molar-refractivity contribution in [3.05, 3.63) is 47.2 Å². The van der Waals surface area contributed by atoms with Gasteiger partial charge in [0.25, 0.3) is 0 Å². The maximum absolute atomic E-state index is 10.6. The quantitative estimate of drug-likeness (QED) is 0.544. The molecule has 7 rings (SSSR count). The number of hydrogen-bond acceptors (Lipinski definition) is 8. The molecule has 8 nitrogen and oxygen atoms in total. The Balaban J connectivity index is 0.000000390. The molecule has 0 aliphatic carbocycles. The van der Waals surface area contributed by atoms with Crippen molar-refractivity contribution >= 4 is 22.3 Å². The Kier molecular flexibility index (Phi) is 7.01. The summed E-state index contributed by atoms with van der Waals surface area (Å²) in [7, 11) is 3.81. The van der Waals surface area contributed by atoms with E-state index in [0.29, 0.717) is 30.4 Å². The summed E-state index contributed by atoms with van der Waals surface area (Å²) in [5.74, 6) is 1.38. The number of ether oxygens (including phenoxy) is 1. The molecule has 2 N–H and O–H groups in total. The molecule has 202 valence electrons. The first-order valence-electron chi connectivity index (χ1n) is 14.1. The van der Waals surface area contributed by atoms with Crippen LogP contribution in [0.2, 0.25) is 0 Å². The van der Waals surface area contributed by atoms with Crippen molar-refractivity contribution in [3.8, 4) is 11.8 Å². The van der Waals surface area contributed by atoms with E-state index in [9.17, 15) is 5.11 Å². The van der Waals surface area contributed by atoms with Crippen LogP contribution in [0.25, 0.3) is 10.8 Å². The number of fused-ring (bicyclic) bond motifs is 4. The number of nitrogens with zero attached hydrogens (tertiary/aromatic N) is 5. The molecule has 0 amide bonds. The van der Waals surface area contributed by atoms with Gasteiger partial charge in [0.05, 0.1) is 19.3 Å². The molecule has 3 aromatic rings. The van der Waals surface area contributed by atoms with Crippen LogP contribution < -0.4 is 19.9 Å². The predicted octanol–water partition coefficient (Wildman–Crippen LogP) is 3.87. The fourth-order valence-electron chi connectivity index (χ4n) is 6.54. The molecule has 0 radical (unpaired) electrons. The Morgan fingerprint density at radius 1 is 0.974 bits per heavy atom. The van der Waals surface area contributed by atoms with Crippen molar-refractivity contribution < 1.29 is 9.84 Å². The van der Waals surface area contributed by atoms with Crippen molar-refractivity contribution in [2.45, 2.75) is 57.7 Å². The van der Waals surface area contributed by atoms with Crippen LogP contribution in [0.15, 0.2) is 30.3 Å². The van der Waals surface area contributed by atoms with Crippen molar-refractivity contribution in [3.63, 3.8) is 0 Å². The average molecular weight is 517 g/mol. The molecule has 0 spiro atoms. The van der Waals surface area contributed by atoms with Gasteiger partial charge >= 0.3 is 6.01 Å². The van der Waals surface area contributed by atoms with Crippen LogP contribution in [0.5, 0.6) is 11.8 Å². The zero-order valence-electron chi connectivity index (χ0n) is 22.9. The van der Waals surface area contributed by atoms with Gasteiger partial charge in [-0.2, -0.15) is 9.97 Å². The number of anilines is 2. The van der Waals surface area contributed by atoms with Crippen LogP contribution in [0.4, 0.5) is 11.5 Å². The molecule has 3 saturated heterocycles. The molecule has 2 bridgehead atoms. The summed E-state index contributed by atoms with van der Waals surface area (Å²) >= 11 is 0. The van der Waals surface area contributed by atoms with E-state index in [4.69, 9.17) is 14.7 Å². The van der Waals surface area contributed by atoms with E-state index in [2.05, 4.69) is 45.3 Å². The van der Waals surface area contributed by atoms with E-state index in [1.54, 1.807) is 7.11 Å². The lowest BCUT2D eigenvalue weighted by Crippen LogP contribution is -2.52. The van der Waals surface area contributed by atoms with Gasteiger partial charge in [-0.15, -0.1) is 0 Å². The van der Waals surface area contributed by atoms with Crippen molar-refractivity contribution in [2.24, 2.45) is 0 Å². The van der Waals surface area contributed by atoms with E-state index >= 15 is 0 Å². The minimum Gasteiger partial charge on any atom is -0.508 e. The normalized spacial score (nSPS) is 22.8. The summed E-state index contributed by atoms with van der Waals surface area (Å²) in [6.07, 6.45) is 6.18. The number of methoxy groups -OCH3 is 1. The zero-order chi connectivity index (χ0) is 26.2. The van der Waals surface area contributed by atoms with Crippen LogP contribution in [0, 0.1) is 6.92 Å². The summed E-state index contributed by atoms with van der Waals surface area (Å²) in [4.78, 5) is 16.7. The SMILES string of the molecule is CN1CCCC1.COc1nc2c(c(N3CC4CCC(C3)N4)n1)CCN(c1cc(O)c(C)c3ccccc13)C2. The van der Waals surface area contributed by atoms with Crippen molar-refractivity contribution in [2.75, 3.05) is 56.7 Å². The van der Waals surface area contributed by atoms with Gasteiger partial charge < -0.3 is 29.9 Å². The fourth-order valence-corrected chi connectivity index (χ4v) is 6.54. The maximum atomic E-state index is 10.6. The lowest BCUT2D eigenvalue weighted by atomic mass is 9.99. The van der Waals surface area contributed by atoms with Gasteiger partial charge in [0.2, 0.25) is 0 Å². The number of aromatic nitrogens is 2. The highest BCUT2D eigenvalue weighted by Crippen LogP contribution is 2.39. The van der Waals surface area contributed by atoms with Crippen LogP contribution >= 0.6 is 0 Å². The molecule has 38 heavy (non-hydrogen) atoms.